The van der Waals surface area contributed by atoms with Crippen LogP contribution in [0.25, 0.3) is 0 Å². The van der Waals surface area contributed by atoms with E-state index < -0.39 is 11.6 Å². The average Bonchev–Trinajstić information content (AvgIpc) is 3.37. The molecule has 2 heterocycles. The Labute approximate surface area is 191 Å². The number of benzene rings is 1. The van der Waals surface area contributed by atoms with Crippen LogP contribution in [0.4, 0.5) is 0 Å². The lowest BCUT2D eigenvalue weighted by Crippen LogP contribution is -2.45. The first-order valence-electron chi connectivity index (χ1n) is 12.1. The molecule has 1 aromatic carbocycles. The minimum atomic E-state index is -1.58. The van der Waals surface area contributed by atoms with Gasteiger partial charge in [-0.3, -0.25) is 0 Å². The molecule has 2 aliphatic rings. The molecule has 1 aliphatic heterocycles. The molecule has 6 nitrogen and oxygen atoms in total. The first-order chi connectivity index (χ1) is 15.7. The lowest BCUT2D eigenvalue weighted by atomic mass is 9.73. The van der Waals surface area contributed by atoms with Crippen LogP contribution in [-0.2, 0) is 15.1 Å². The summed E-state index contributed by atoms with van der Waals surface area (Å²) < 4.78 is 5.78. The third-order valence-electron chi connectivity index (χ3n) is 7.15. The van der Waals surface area contributed by atoms with Gasteiger partial charge in [-0.05, 0) is 56.3 Å². The summed E-state index contributed by atoms with van der Waals surface area (Å²) in [6.07, 6.45) is 13.4. The highest BCUT2D eigenvalue weighted by atomic mass is 16.5. The molecule has 1 saturated heterocycles. The number of carbonyl (C=O) groups excluding carboxylic acids is 1. The fourth-order valence-corrected chi connectivity index (χ4v) is 5.30. The Morgan fingerprint density at radius 2 is 1.75 bits per heavy atom. The molecule has 0 spiro atoms. The zero-order valence-corrected chi connectivity index (χ0v) is 18.9. The number of carbonyl (C=O) groups is 1. The van der Waals surface area contributed by atoms with Crippen LogP contribution in [0.3, 0.4) is 0 Å². The molecule has 1 aliphatic carbocycles. The molecule has 32 heavy (non-hydrogen) atoms. The van der Waals surface area contributed by atoms with Gasteiger partial charge in [0.25, 0.3) is 0 Å². The second kappa shape index (κ2) is 11.0. The molecule has 0 radical (unpaired) electrons. The summed E-state index contributed by atoms with van der Waals surface area (Å²) in [6, 6.07) is 9.33. The monoisotopic (exact) mass is 437 g/mol. The van der Waals surface area contributed by atoms with Crippen molar-refractivity contribution in [2.45, 2.75) is 62.9 Å². The average molecular weight is 438 g/mol. The number of hydrogen-bond donors (Lipinski definition) is 1. The SMILES string of the molecule is O=C(OCC[C@@H](CN1CCCC1)c1cncnc1)C(O)(c1ccccc1)C1CCCCC1. The van der Waals surface area contributed by atoms with Crippen molar-refractivity contribution in [3.05, 3.63) is 60.2 Å². The van der Waals surface area contributed by atoms with Crippen molar-refractivity contribution in [2.75, 3.05) is 26.2 Å². The second-order valence-corrected chi connectivity index (χ2v) is 9.27. The van der Waals surface area contributed by atoms with Gasteiger partial charge in [-0.2, -0.15) is 0 Å². The molecule has 4 rings (SSSR count). The van der Waals surface area contributed by atoms with Gasteiger partial charge in [0.1, 0.15) is 6.33 Å². The van der Waals surface area contributed by atoms with Crippen LogP contribution in [0.2, 0.25) is 0 Å². The number of esters is 1. The van der Waals surface area contributed by atoms with Crippen LogP contribution in [0.5, 0.6) is 0 Å². The number of likely N-dealkylation sites (tertiary alicyclic amines) is 1. The highest BCUT2D eigenvalue weighted by Gasteiger charge is 2.47. The van der Waals surface area contributed by atoms with E-state index in [2.05, 4.69) is 14.9 Å². The van der Waals surface area contributed by atoms with Crippen LogP contribution in [0, 0.1) is 5.92 Å². The van der Waals surface area contributed by atoms with Crippen molar-refractivity contribution >= 4 is 5.97 Å². The van der Waals surface area contributed by atoms with E-state index in [0.717, 1.165) is 57.3 Å². The molecule has 172 valence electrons. The number of aromatic nitrogens is 2. The Kier molecular flexibility index (Phi) is 7.87. The lowest BCUT2D eigenvalue weighted by Gasteiger charge is -2.37. The molecular weight excluding hydrogens is 402 g/mol. The maximum Gasteiger partial charge on any atom is 0.343 e. The minimum absolute atomic E-state index is 0.103. The third kappa shape index (κ3) is 5.36. The van der Waals surface area contributed by atoms with E-state index in [9.17, 15) is 9.90 Å². The van der Waals surface area contributed by atoms with Crippen molar-refractivity contribution in [2.24, 2.45) is 5.92 Å². The van der Waals surface area contributed by atoms with Gasteiger partial charge in [0, 0.05) is 30.8 Å². The highest BCUT2D eigenvalue weighted by molar-refractivity contribution is 5.81. The summed E-state index contributed by atoms with van der Waals surface area (Å²) in [7, 11) is 0. The van der Waals surface area contributed by atoms with Crippen LogP contribution in [0.1, 0.15) is 68.4 Å². The van der Waals surface area contributed by atoms with Gasteiger partial charge >= 0.3 is 5.97 Å². The molecule has 2 aromatic rings. The molecular formula is C26H35N3O3. The maximum atomic E-state index is 13.3. The summed E-state index contributed by atoms with van der Waals surface area (Å²) in [6.45, 7) is 3.41. The van der Waals surface area contributed by atoms with E-state index in [1.807, 2.05) is 42.7 Å². The Balaban J connectivity index is 1.44. The first kappa shape index (κ1) is 22.9. The van der Waals surface area contributed by atoms with Crippen molar-refractivity contribution < 1.29 is 14.6 Å². The van der Waals surface area contributed by atoms with Crippen LogP contribution in [-0.4, -0.2) is 52.2 Å². The lowest BCUT2D eigenvalue weighted by molar-refractivity contribution is -0.175. The Morgan fingerprint density at radius 3 is 2.44 bits per heavy atom. The largest absolute Gasteiger partial charge is 0.463 e. The zero-order chi connectivity index (χ0) is 22.2. The van der Waals surface area contributed by atoms with Crippen LogP contribution >= 0.6 is 0 Å². The summed E-state index contributed by atoms with van der Waals surface area (Å²) in [4.78, 5) is 24.2. The number of hydrogen-bond acceptors (Lipinski definition) is 6. The topological polar surface area (TPSA) is 75.5 Å². The minimum Gasteiger partial charge on any atom is -0.463 e. The quantitative estimate of drug-likeness (QED) is 0.597. The van der Waals surface area contributed by atoms with Gasteiger partial charge in [0.15, 0.2) is 5.60 Å². The zero-order valence-electron chi connectivity index (χ0n) is 18.9. The number of rotatable bonds is 9. The second-order valence-electron chi connectivity index (χ2n) is 9.27. The number of nitrogens with zero attached hydrogens (tertiary/aromatic N) is 3. The van der Waals surface area contributed by atoms with Crippen molar-refractivity contribution in [3.8, 4) is 0 Å². The number of ether oxygens (including phenoxy) is 1. The number of aliphatic hydroxyl groups is 1. The van der Waals surface area contributed by atoms with E-state index >= 15 is 0 Å². The molecule has 0 amide bonds. The van der Waals surface area contributed by atoms with Gasteiger partial charge in [-0.15, -0.1) is 0 Å². The standard InChI is InChI=1S/C26H35N3O3/c30-25(26(31,23-9-3-1-4-10-23)24-11-5-2-6-12-24)32-16-13-21(19-29-14-7-8-15-29)22-17-27-20-28-18-22/h1,3-4,9-10,17-18,20-21,24,31H,2,5-8,11-16,19H2/t21-,26?/m0/s1. The summed E-state index contributed by atoms with van der Waals surface area (Å²) in [5, 5.41) is 11.7. The van der Waals surface area contributed by atoms with E-state index in [-0.39, 0.29) is 18.4 Å². The van der Waals surface area contributed by atoms with Gasteiger partial charge in [0.05, 0.1) is 6.61 Å². The highest BCUT2D eigenvalue weighted by Crippen LogP contribution is 2.40. The van der Waals surface area contributed by atoms with E-state index in [1.165, 1.54) is 12.8 Å². The molecule has 0 bridgehead atoms. The van der Waals surface area contributed by atoms with Gasteiger partial charge in [-0.25, -0.2) is 14.8 Å². The Bertz CT molecular complexity index is 836. The molecule has 2 atom stereocenters. The fourth-order valence-electron chi connectivity index (χ4n) is 5.30. The third-order valence-corrected chi connectivity index (χ3v) is 7.15. The fraction of sp³-hybridized carbons (Fsp3) is 0.577. The van der Waals surface area contributed by atoms with Crippen molar-refractivity contribution in [3.63, 3.8) is 0 Å². The van der Waals surface area contributed by atoms with Gasteiger partial charge in [0.2, 0.25) is 0 Å². The molecule has 1 unspecified atom stereocenters. The van der Waals surface area contributed by atoms with E-state index in [1.54, 1.807) is 6.33 Å². The summed E-state index contributed by atoms with van der Waals surface area (Å²) in [5.41, 5.74) is 0.130. The van der Waals surface area contributed by atoms with Crippen LogP contribution < -0.4 is 0 Å². The van der Waals surface area contributed by atoms with Crippen molar-refractivity contribution in [1.82, 2.24) is 14.9 Å². The Morgan fingerprint density at radius 1 is 1.06 bits per heavy atom. The van der Waals surface area contributed by atoms with E-state index in [4.69, 9.17) is 4.74 Å². The van der Waals surface area contributed by atoms with Crippen LogP contribution in [0.15, 0.2) is 49.1 Å². The predicted octanol–water partition coefficient (Wildman–Crippen LogP) is 4.06. The van der Waals surface area contributed by atoms with E-state index in [0.29, 0.717) is 12.0 Å². The Hall–Kier alpha value is -2.31. The predicted molar refractivity (Wildman–Crippen MR) is 123 cm³/mol. The summed E-state index contributed by atoms with van der Waals surface area (Å²) >= 11 is 0. The maximum absolute atomic E-state index is 13.3. The van der Waals surface area contributed by atoms with Gasteiger partial charge in [-0.1, -0.05) is 49.6 Å². The first-order valence-corrected chi connectivity index (χ1v) is 12.1. The molecule has 1 N–H and O–H groups in total. The molecule has 1 aromatic heterocycles. The molecule has 1 saturated carbocycles. The molecule has 6 heteroatoms. The smallest absolute Gasteiger partial charge is 0.343 e. The van der Waals surface area contributed by atoms with Gasteiger partial charge < -0.3 is 14.7 Å². The van der Waals surface area contributed by atoms with Crippen molar-refractivity contribution in [1.29, 1.82) is 0 Å². The normalized spacial score (nSPS) is 20.5. The molecule has 2 fully saturated rings. The summed E-state index contributed by atoms with van der Waals surface area (Å²) in [5.74, 6) is -0.421.